The third-order valence-electron chi connectivity index (χ3n) is 5.86. The summed E-state index contributed by atoms with van der Waals surface area (Å²) < 4.78 is 5.90. The van der Waals surface area contributed by atoms with Crippen LogP contribution in [0.2, 0.25) is 0 Å². The van der Waals surface area contributed by atoms with Crippen molar-refractivity contribution in [2.75, 3.05) is 31.6 Å². The Balaban J connectivity index is 1.49. The number of hydrogen-bond donors (Lipinski definition) is 0. The van der Waals surface area contributed by atoms with Crippen LogP contribution in [0.4, 0.5) is 5.69 Å². The van der Waals surface area contributed by atoms with Gasteiger partial charge in [0.2, 0.25) is 0 Å². The van der Waals surface area contributed by atoms with Crippen molar-refractivity contribution in [3.05, 3.63) is 23.8 Å². The van der Waals surface area contributed by atoms with Crippen molar-refractivity contribution < 1.29 is 14.5 Å². The van der Waals surface area contributed by atoms with E-state index in [-0.39, 0.29) is 12.4 Å². The lowest BCUT2D eigenvalue weighted by Crippen LogP contribution is -2.70. The molecular formula is C21H33N3O3. The predicted octanol–water partition coefficient (Wildman–Crippen LogP) is 3.90. The van der Waals surface area contributed by atoms with Crippen molar-refractivity contribution in [3.8, 4) is 5.75 Å². The van der Waals surface area contributed by atoms with Crippen molar-refractivity contribution >= 4 is 5.69 Å². The van der Waals surface area contributed by atoms with Crippen LogP contribution in [0.15, 0.2) is 18.2 Å². The summed E-state index contributed by atoms with van der Waals surface area (Å²) in [7, 11) is 0. The largest absolute Gasteiger partial charge is 0.491 e. The molecule has 1 unspecified atom stereocenters. The van der Waals surface area contributed by atoms with E-state index in [1.807, 2.05) is 0 Å². The first-order chi connectivity index (χ1) is 13.1. The van der Waals surface area contributed by atoms with Crippen molar-refractivity contribution in [3.63, 3.8) is 0 Å². The minimum Gasteiger partial charge on any atom is -0.491 e. The summed E-state index contributed by atoms with van der Waals surface area (Å²) in [5.41, 5.74) is 2.42. The third kappa shape index (κ3) is 4.24. The first-order valence-corrected chi connectivity index (χ1v) is 10.4. The normalized spacial score (nSPS) is 25.2. The van der Waals surface area contributed by atoms with Gasteiger partial charge in [-0.2, -0.15) is 0 Å². The number of nitrogens with zero attached hydrogens (tertiary/aromatic N) is 3. The summed E-state index contributed by atoms with van der Waals surface area (Å²) in [6, 6.07) is 6.51. The maximum atomic E-state index is 5.90. The molecule has 0 bridgehead atoms. The molecule has 2 saturated heterocycles. The van der Waals surface area contributed by atoms with E-state index in [4.69, 9.17) is 14.5 Å². The van der Waals surface area contributed by atoms with E-state index < -0.39 is 0 Å². The maximum Gasteiger partial charge on any atom is 0.146 e. The number of hydrogen-bond acceptors (Lipinski definition) is 6. The quantitative estimate of drug-likeness (QED) is 0.727. The van der Waals surface area contributed by atoms with Gasteiger partial charge in [-0.3, -0.25) is 0 Å². The zero-order valence-corrected chi connectivity index (χ0v) is 16.9. The van der Waals surface area contributed by atoms with Gasteiger partial charge in [0.15, 0.2) is 0 Å². The van der Waals surface area contributed by atoms with Gasteiger partial charge in [0.1, 0.15) is 25.5 Å². The highest BCUT2D eigenvalue weighted by Gasteiger charge is 2.43. The molecule has 1 atom stereocenters. The van der Waals surface area contributed by atoms with Gasteiger partial charge in [0, 0.05) is 12.2 Å². The molecule has 0 spiro atoms. The maximum absolute atomic E-state index is 5.90. The van der Waals surface area contributed by atoms with E-state index in [1.54, 1.807) is 0 Å². The zero-order valence-electron chi connectivity index (χ0n) is 16.9. The third-order valence-corrected chi connectivity index (χ3v) is 5.86. The second kappa shape index (κ2) is 8.35. The van der Waals surface area contributed by atoms with E-state index >= 15 is 0 Å². The fourth-order valence-electron chi connectivity index (χ4n) is 4.52. The average Bonchev–Trinajstić information content (AvgIpc) is 2.77. The lowest BCUT2D eigenvalue weighted by molar-refractivity contribution is -0.314. The second-order valence-corrected chi connectivity index (χ2v) is 8.43. The molecule has 2 aliphatic heterocycles. The molecule has 6 nitrogen and oxygen atoms in total. The first kappa shape index (κ1) is 19.0. The lowest BCUT2D eigenvalue weighted by atomic mass is 9.89. The van der Waals surface area contributed by atoms with Crippen molar-refractivity contribution in [2.45, 2.75) is 65.3 Å². The second-order valence-electron chi connectivity index (χ2n) is 8.43. The van der Waals surface area contributed by atoms with Gasteiger partial charge < -0.3 is 9.64 Å². The molecule has 6 heteroatoms. The molecule has 1 aromatic carbocycles. The summed E-state index contributed by atoms with van der Waals surface area (Å²) in [5, 5.41) is 0. The topological polar surface area (TPSA) is 37.4 Å². The molecule has 150 valence electrons. The summed E-state index contributed by atoms with van der Waals surface area (Å²) in [6.07, 6.45) is 7.20. The summed E-state index contributed by atoms with van der Waals surface area (Å²) in [6.45, 7) is 9.24. The predicted molar refractivity (Wildman–Crippen MR) is 105 cm³/mol. The molecule has 0 amide bonds. The van der Waals surface area contributed by atoms with Crippen LogP contribution in [0.1, 0.15) is 51.5 Å². The van der Waals surface area contributed by atoms with Crippen LogP contribution in [0.5, 0.6) is 5.75 Å². The van der Waals surface area contributed by atoms with Gasteiger partial charge in [0.25, 0.3) is 0 Å². The Morgan fingerprint density at radius 2 is 1.89 bits per heavy atom. The Hall–Kier alpha value is -1.34. The molecule has 2 heterocycles. The van der Waals surface area contributed by atoms with Crippen LogP contribution in [0.25, 0.3) is 0 Å². The Bertz CT molecular complexity index is 633. The van der Waals surface area contributed by atoms with Crippen molar-refractivity contribution in [2.24, 2.45) is 5.92 Å². The molecule has 1 saturated carbocycles. The SMILES string of the molecule is Cc1cc(N2CN3COOCN(CC4CCCCC4)C32)ccc1OC(C)C. The highest BCUT2D eigenvalue weighted by Crippen LogP contribution is 2.35. The highest BCUT2D eigenvalue weighted by atomic mass is 17.2. The van der Waals surface area contributed by atoms with Gasteiger partial charge in [-0.15, -0.1) is 0 Å². The number of fused-ring (bicyclic) bond motifs is 1. The van der Waals surface area contributed by atoms with E-state index in [0.29, 0.717) is 13.5 Å². The molecule has 0 radical (unpaired) electrons. The van der Waals surface area contributed by atoms with Crippen LogP contribution in [0, 0.1) is 12.8 Å². The summed E-state index contributed by atoms with van der Waals surface area (Å²) in [5.74, 6) is 1.74. The molecule has 4 rings (SSSR count). The smallest absolute Gasteiger partial charge is 0.146 e. The molecule has 3 fully saturated rings. The lowest BCUT2D eigenvalue weighted by Gasteiger charge is -2.54. The Labute approximate surface area is 162 Å². The molecule has 1 aromatic rings. The molecule has 1 aliphatic carbocycles. The van der Waals surface area contributed by atoms with Crippen LogP contribution >= 0.6 is 0 Å². The van der Waals surface area contributed by atoms with E-state index in [2.05, 4.69) is 53.7 Å². The van der Waals surface area contributed by atoms with Gasteiger partial charge in [-0.25, -0.2) is 19.6 Å². The first-order valence-electron chi connectivity index (χ1n) is 10.4. The van der Waals surface area contributed by atoms with Crippen LogP contribution < -0.4 is 9.64 Å². The monoisotopic (exact) mass is 375 g/mol. The number of anilines is 1. The van der Waals surface area contributed by atoms with E-state index in [1.165, 1.54) is 43.4 Å². The van der Waals surface area contributed by atoms with E-state index in [9.17, 15) is 0 Å². The molecule has 0 N–H and O–H groups in total. The van der Waals surface area contributed by atoms with Crippen LogP contribution in [0.3, 0.4) is 0 Å². The average molecular weight is 376 g/mol. The van der Waals surface area contributed by atoms with Gasteiger partial charge in [-0.05, 0) is 63.3 Å². The molecule has 0 aromatic heterocycles. The number of ether oxygens (including phenoxy) is 1. The molecule has 27 heavy (non-hydrogen) atoms. The molecule has 3 aliphatic rings. The zero-order chi connectivity index (χ0) is 18.8. The number of aryl methyl sites for hydroxylation is 1. The summed E-state index contributed by atoms with van der Waals surface area (Å²) >= 11 is 0. The highest BCUT2D eigenvalue weighted by molar-refractivity contribution is 5.54. The number of rotatable bonds is 5. The van der Waals surface area contributed by atoms with E-state index in [0.717, 1.165) is 24.9 Å². The van der Waals surface area contributed by atoms with Crippen molar-refractivity contribution in [1.29, 1.82) is 0 Å². The minimum absolute atomic E-state index is 0.191. The standard InChI is InChI=1S/C21H33N3O3/c1-16(2)27-20-10-9-19(11-17(20)3)24-13-23-15-26-25-14-22(21(23)24)12-18-7-5-4-6-8-18/h9-11,16,18,21H,4-8,12-15H2,1-3H3. The Morgan fingerprint density at radius 3 is 2.63 bits per heavy atom. The van der Waals surface area contributed by atoms with Gasteiger partial charge in [-0.1, -0.05) is 19.3 Å². The Morgan fingerprint density at radius 1 is 1.11 bits per heavy atom. The van der Waals surface area contributed by atoms with Crippen LogP contribution in [-0.4, -0.2) is 48.9 Å². The Kier molecular flexibility index (Phi) is 5.88. The minimum atomic E-state index is 0.191. The van der Waals surface area contributed by atoms with Crippen molar-refractivity contribution in [1.82, 2.24) is 9.80 Å². The number of benzene rings is 1. The summed E-state index contributed by atoms with van der Waals surface area (Å²) in [4.78, 5) is 18.0. The fourth-order valence-corrected chi connectivity index (χ4v) is 4.52. The van der Waals surface area contributed by atoms with Gasteiger partial charge >= 0.3 is 0 Å². The fraction of sp³-hybridized carbons (Fsp3) is 0.714. The van der Waals surface area contributed by atoms with Gasteiger partial charge in [0.05, 0.1) is 12.8 Å². The van der Waals surface area contributed by atoms with Crippen LogP contribution in [-0.2, 0) is 9.78 Å². The molecular weight excluding hydrogens is 342 g/mol.